The van der Waals surface area contributed by atoms with Crippen molar-refractivity contribution in [2.24, 2.45) is 0 Å². The number of benzene rings is 1. The normalized spacial score (nSPS) is 17.6. The van der Waals surface area contributed by atoms with Crippen LogP contribution in [-0.4, -0.2) is 13.0 Å². The van der Waals surface area contributed by atoms with Crippen LogP contribution in [0.3, 0.4) is 0 Å². The molecule has 0 spiro atoms. The Hall–Kier alpha value is -0.830. The number of halogens is 1. The lowest BCUT2D eigenvalue weighted by atomic mass is 9.95. The van der Waals surface area contributed by atoms with E-state index < -0.39 is 0 Å². The Morgan fingerprint density at radius 1 is 1.36 bits per heavy atom. The Bertz CT molecular complexity index is 354. The molecule has 1 N–H and O–H groups in total. The lowest BCUT2D eigenvalue weighted by Gasteiger charge is -2.13. The van der Waals surface area contributed by atoms with Gasteiger partial charge in [-0.25, -0.2) is 0 Å². The van der Waals surface area contributed by atoms with Crippen molar-refractivity contribution in [1.82, 2.24) is 5.32 Å². The van der Waals surface area contributed by atoms with E-state index in [4.69, 9.17) is 0 Å². The smallest absolute Gasteiger partial charge is 0.230 e. The summed E-state index contributed by atoms with van der Waals surface area (Å²) >= 11 is 3.39. The fourth-order valence-electron chi connectivity index (χ4n) is 1.78. The lowest BCUT2D eigenvalue weighted by molar-refractivity contribution is -0.123. The predicted octanol–water partition coefficient (Wildman–Crippen LogP) is 2.23. The standard InChI is InChI=1S/C11H12BrNO/c1-13-10(14)11(6-7-11)8-2-4-9(12)5-3-8/h2-5H,6-7H2,1H3,(H,13,14). The maximum Gasteiger partial charge on any atom is 0.230 e. The summed E-state index contributed by atoms with van der Waals surface area (Å²) in [6.45, 7) is 0. The number of carbonyl (C=O) groups excluding carboxylic acids is 1. The molecule has 0 heterocycles. The second kappa shape index (κ2) is 3.39. The molecule has 74 valence electrons. The molecule has 2 nitrogen and oxygen atoms in total. The first-order chi connectivity index (χ1) is 6.69. The van der Waals surface area contributed by atoms with Gasteiger partial charge >= 0.3 is 0 Å². The van der Waals surface area contributed by atoms with Crippen LogP contribution in [0.2, 0.25) is 0 Å². The Labute approximate surface area is 91.8 Å². The van der Waals surface area contributed by atoms with Gasteiger partial charge in [-0.1, -0.05) is 28.1 Å². The molecule has 0 aromatic heterocycles. The monoisotopic (exact) mass is 253 g/mol. The van der Waals surface area contributed by atoms with Crippen LogP contribution in [0.25, 0.3) is 0 Å². The molecule has 0 unspecified atom stereocenters. The van der Waals surface area contributed by atoms with Gasteiger partial charge in [-0.2, -0.15) is 0 Å². The van der Waals surface area contributed by atoms with Crippen molar-refractivity contribution < 1.29 is 4.79 Å². The first-order valence-electron chi connectivity index (χ1n) is 4.67. The third-order valence-electron chi connectivity index (χ3n) is 2.81. The Balaban J connectivity index is 2.31. The number of rotatable bonds is 2. The maximum atomic E-state index is 11.7. The van der Waals surface area contributed by atoms with Crippen molar-refractivity contribution in [3.63, 3.8) is 0 Å². The van der Waals surface area contributed by atoms with Gasteiger partial charge in [0, 0.05) is 11.5 Å². The summed E-state index contributed by atoms with van der Waals surface area (Å²) in [6.07, 6.45) is 1.93. The van der Waals surface area contributed by atoms with Crippen LogP contribution in [0.15, 0.2) is 28.7 Å². The molecule has 0 radical (unpaired) electrons. The third kappa shape index (κ3) is 1.46. The number of hydrogen-bond acceptors (Lipinski definition) is 1. The Morgan fingerprint density at radius 3 is 2.36 bits per heavy atom. The molecule has 14 heavy (non-hydrogen) atoms. The number of amides is 1. The highest BCUT2D eigenvalue weighted by molar-refractivity contribution is 9.10. The van der Waals surface area contributed by atoms with Crippen LogP contribution in [0.1, 0.15) is 18.4 Å². The highest BCUT2D eigenvalue weighted by atomic mass is 79.9. The first-order valence-corrected chi connectivity index (χ1v) is 5.46. The molecule has 1 aliphatic rings. The van der Waals surface area contributed by atoms with Crippen molar-refractivity contribution >= 4 is 21.8 Å². The predicted molar refractivity (Wildman–Crippen MR) is 59.1 cm³/mol. The fourth-order valence-corrected chi connectivity index (χ4v) is 2.04. The van der Waals surface area contributed by atoms with E-state index in [0.717, 1.165) is 22.9 Å². The number of hydrogen-bond donors (Lipinski definition) is 1. The quantitative estimate of drug-likeness (QED) is 0.861. The van der Waals surface area contributed by atoms with Gasteiger partial charge in [-0.05, 0) is 30.5 Å². The highest BCUT2D eigenvalue weighted by Gasteiger charge is 2.50. The highest BCUT2D eigenvalue weighted by Crippen LogP contribution is 2.48. The number of likely N-dealkylation sites (N-methyl/N-ethyl adjacent to an activating group) is 1. The zero-order chi connectivity index (χ0) is 10.2. The summed E-state index contributed by atoms with van der Waals surface area (Å²) in [5.41, 5.74) is 0.898. The summed E-state index contributed by atoms with van der Waals surface area (Å²) in [5.74, 6) is 0.139. The molecule has 0 atom stereocenters. The average Bonchev–Trinajstić information content (AvgIpc) is 2.99. The molecular weight excluding hydrogens is 242 g/mol. The molecule has 1 aliphatic carbocycles. The van der Waals surface area contributed by atoms with E-state index >= 15 is 0 Å². The van der Waals surface area contributed by atoms with Gasteiger partial charge < -0.3 is 5.32 Å². The molecule has 1 fully saturated rings. The van der Waals surface area contributed by atoms with Crippen LogP contribution in [0, 0.1) is 0 Å². The van der Waals surface area contributed by atoms with E-state index in [1.54, 1.807) is 7.05 Å². The fraction of sp³-hybridized carbons (Fsp3) is 0.364. The molecule has 1 aromatic rings. The molecular formula is C11H12BrNO. The van der Waals surface area contributed by atoms with Crippen molar-refractivity contribution in [3.05, 3.63) is 34.3 Å². The van der Waals surface area contributed by atoms with Gasteiger partial charge in [0.25, 0.3) is 0 Å². The van der Waals surface area contributed by atoms with Gasteiger partial charge in [-0.15, -0.1) is 0 Å². The summed E-state index contributed by atoms with van der Waals surface area (Å²) in [7, 11) is 1.70. The van der Waals surface area contributed by atoms with Crippen LogP contribution in [0.4, 0.5) is 0 Å². The second-order valence-electron chi connectivity index (χ2n) is 3.67. The summed E-state index contributed by atoms with van der Waals surface area (Å²) < 4.78 is 1.05. The summed E-state index contributed by atoms with van der Waals surface area (Å²) in [6, 6.07) is 8.01. The molecule has 3 heteroatoms. The van der Waals surface area contributed by atoms with Crippen molar-refractivity contribution in [2.45, 2.75) is 18.3 Å². The molecule has 1 aromatic carbocycles. The van der Waals surface area contributed by atoms with Crippen molar-refractivity contribution in [3.8, 4) is 0 Å². The first kappa shape index (κ1) is 9.71. The largest absolute Gasteiger partial charge is 0.358 e. The SMILES string of the molecule is CNC(=O)C1(c2ccc(Br)cc2)CC1. The summed E-state index contributed by atoms with van der Waals surface area (Å²) in [5, 5.41) is 2.73. The lowest BCUT2D eigenvalue weighted by Crippen LogP contribution is -2.31. The minimum Gasteiger partial charge on any atom is -0.358 e. The van der Waals surface area contributed by atoms with E-state index in [2.05, 4.69) is 21.2 Å². The van der Waals surface area contributed by atoms with Crippen LogP contribution in [-0.2, 0) is 10.2 Å². The van der Waals surface area contributed by atoms with Gasteiger partial charge in [0.2, 0.25) is 5.91 Å². The second-order valence-corrected chi connectivity index (χ2v) is 4.58. The number of carbonyl (C=O) groups is 1. The minimum atomic E-state index is -0.227. The third-order valence-corrected chi connectivity index (χ3v) is 3.34. The van der Waals surface area contributed by atoms with Crippen LogP contribution < -0.4 is 5.32 Å². The minimum absolute atomic E-state index is 0.139. The molecule has 0 bridgehead atoms. The molecule has 0 saturated heterocycles. The molecule has 0 aliphatic heterocycles. The van der Waals surface area contributed by atoms with Gasteiger partial charge in [-0.3, -0.25) is 4.79 Å². The van der Waals surface area contributed by atoms with Gasteiger partial charge in [0.15, 0.2) is 0 Å². The summed E-state index contributed by atoms with van der Waals surface area (Å²) in [4.78, 5) is 11.7. The number of nitrogens with one attached hydrogen (secondary N) is 1. The van der Waals surface area contributed by atoms with E-state index in [1.807, 2.05) is 24.3 Å². The topological polar surface area (TPSA) is 29.1 Å². The molecule has 2 rings (SSSR count). The molecule has 1 saturated carbocycles. The maximum absolute atomic E-state index is 11.7. The van der Waals surface area contributed by atoms with E-state index in [-0.39, 0.29) is 11.3 Å². The van der Waals surface area contributed by atoms with Gasteiger partial charge in [0.05, 0.1) is 5.41 Å². The zero-order valence-electron chi connectivity index (χ0n) is 8.01. The van der Waals surface area contributed by atoms with E-state index in [0.29, 0.717) is 0 Å². The van der Waals surface area contributed by atoms with Crippen molar-refractivity contribution in [2.75, 3.05) is 7.05 Å². The van der Waals surface area contributed by atoms with Gasteiger partial charge in [0.1, 0.15) is 0 Å². The van der Waals surface area contributed by atoms with E-state index in [9.17, 15) is 4.79 Å². The Kier molecular flexibility index (Phi) is 2.35. The van der Waals surface area contributed by atoms with Crippen LogP contribution in [0.5, 0.6) is 0 Å². The van der Waals surface area contributed by atoms with Crippen molar-refractivity contribution in [1.29, 1.82) is 0 Å². The average molecular weight is 254 g/mol. The molecule has 1 amide bonds. The zero-order valence-corrected chi connectivity index (χ0v) is 9.60. The Morgan fingerprint density at radius 2 is 1.93 bits per heavy atom. The van der Waals surface area contributed by atoms with E-state index in [1.165, 1.54) is 0 Å². The van der Waals surface area contributed by atoms with Crippen LogP contribution >= 0.6 is 15.9 Å².